The second-order valence-corrected chi connectivity index (χ2v) is 3.51. The molecule has 0 aliphatic carbocycles. The van der Waals surface area contributed by atoms with Gasteiger partial charge in [0.25, 0.3) is 11.9 Å². The van der Waals surface area contributed by atoms with Crippen LogP contribution in [0.4, 0.5) is 0 Å². The average Bonchev–Trinajstić information content (AvgIpc) is 2.21. The van der Waals surface area contributed by atoms with Crippen molar-refractivity contribution in [2.75, 3.05) is 0 Å². The monoisotopic (exact) mass is 240 g/mol. The second-order valence-electron chi connectivity index (χ2n) is 3.51. The minimum atomic E-state index is -1.47. The number of nitro groups is 1. The van der Waals surface area contributed by atoms with Crippen molar-refractivity contribution in [3.05, 3.63) is 34.7 Å². The van der Waals surface area contributed by atoms with E-state index in [1.807, 2.05) is 0 Å². The summed E-state index contributed by atoms with van der Waals surface area (Å²) in [5, 5.41) is 13.0. The lowest BCUT2D eigenvalue weighted by Gasteiger charge is -2.24. The fourth-order valence-electron chi connectivity index (χ4n) is 1.61. The van der Waals surface area contributed by atoms with Gasteiger partial charge in [-0.2, -0.15) is 0 Å². The third kappa shape index (κ3) is 2.90. The summed E-state index contributed by atoms with van der Waals surface area (Å²) < 4.78 is 4.84. The predicted octanol–water partition coefficient (Wildman–Crippen LogP) is 0.358. The summed E-state index contributed by atoms with van der Waals surface area (Å²) in [6.07, 6.45) is 2.80. The van der Waals surface area contributed by atoms with Gasteiger partial charge in [-0.1, -0.05) is 6.08 Å². The molecule has 0 bridgehead atoms. The standard InChI is InChI=1S/C10H12N2O5/c1-3-4-7-8(17-6(2)13)5-11-10(14)9(7)12(15)16/h3,5,7,9H,1,4H2,2H3,(H,11,14). The van der Waals surface area contributed by atoms with Crippen LogP contribution in [0, 0.1) is 16.0 Å². The number of allylic oxidation sites excluding steroid dienone is 1. The number of rotatable bonds is 4. The first-order valence-corrected chi connectivity index (χ1v) is 4.90. The number of ether oxygens (including phenoxy) is 1. The molecule has 0 radical (unpaired) electrons. The number of hydrogen-bond acceptors (Lipinski definition) is 5. The van der Waals surface area contributed by atoms with Crippen LogP contribution in [0.5, 0.6) is 0 Å². The van der Waals surface area contributed by atoms with Gasteiger partial charge >= 0.3 is 5.97 Å². The molecule has 0 aromatic heterocycles. The molecule has 0 aromatic rings. The van der Waals surface area contributed by atoms with Gasteiger partial charge in [-0.15, -0.1) is 6.58 Å². The summed E-state index contributed by atoms with van der Waals surface area (Å²) in [6.45, 7) is 4.65. The fraction of sp³-hybridized carbons (Fsp3) is 0.400. The van der Waals surface area contributed by atoms with E-state index < -0.39 is 28.8 Å². The molecule has 1 amide bonds. The van der Waals surface area contributed by atoms with Gasteiger partial charge in [0.1, 0.15) is 5.76 Å². The number of carbonyl (C=O) groups excluding carboxylic acids is 2. The van der Waals surface area contributed by atoms with Gasteiger partial charge in [0, 0.05) is 18.0 Å². The average molecular weight is 240 g/mol. The molecule has 0 saturated carbocycles. The lowest BCUT2D eigenvalue weighted by Crippen LogP contribution is -2.47. The van der Waals surface area contributed by atoms with E-state index in [-0.39, 0.29) is 12.2 Å². The second kappa shape index (κ2) is 5.24. The number of nitrogens with one attached hydrogen (secondary N) is 1. The molecule has 0 aromatic carbocycles. The smallest absolute Gasteiger partial charge is 0.307 e. The Kier molecular flexibility index (Phi) is 3.97. The van der Waals surface area contributed by atoms with Crippen LogP contribution in [0.1, 0.15) is 13.3 Å². The summed E-state index contributed by atoms with van der Waals surface area (Å²) >= 11 is 0. The molecule has 2 unspecified atom stereocenters. The number of carbonyl (C=O) groups is 2. The Hall–Kier alpha value is -2.18. The minimum Gasteiger partial charge on any atom is -0.429 e. The molecule has 1 rings (SSSR count). The lowest BCUT2D eigenvalue weighted by atomic mass is 9.91. The van der Waals surface area contributed by atoms with E-state index >= 15 is 0 Å². The van der Waals surface area contributed by atoms with E-state index in [1.54, 1.807) is 0 Å². The Bertz CT molecular complexity index is 402. The SMILES string of the molecule is C=CCC1C(OC(C)=O)=CNC(=O)C1[N+](=O)[O-]. The molecule has 0 saturated heterocycles. The molecule has 7 heteroatoms. The van der Waals surface area contributed by atoms with Gasteiger partial charge in [-0.05, 0) is 6.42 Å². The minimum absolute atomic E-state index is 0.0821. The van der Waals surface area contributed by atoms with Gasteiger partial charge in [0.05, 0.1) is 5.92 Å². The van der Waals surface area contributed by atoms with Crippen molar-refractivity contribution in [2.24, 2.45) is 5.92 Å². The van der Waals surface area contributed by atoms with Crippen molar-refractivity contribution in [3.63, 3.8) is 0 Å². The molecule has 1 heterocycles. The predicted molar refractivity (Wildman–Crippen MR) is 57.1 cm³/mol. The molecular weight excluding hydrogens is 228 g/mol. The van der Waals surface area contributed by atoms with Crippen molar-refractivity contribution in [1.29, 1.82) is 0 Å². The van der Waals surface area contributed by atoms with Gasteiger partial charge < -0.3 is 10.1 Å². The molecule has 0 fully saturated rings. The summed E-state index contributed by atoms with van der Waals surface area (Å²) in [5.74, 6) is -2.04. The van der Waals surface area contributed by atoms with E-state index in [0.29, 0.717) is 0 Å². The lowest BCUT2D eigenvalue weighted by molar-refractivity contribution is -0.516. The Morgan fingerprint density at radius 1 is 1.76 bits per heavy atom. The van der Waals surface area contributed by atoms with E-state index in [9.17, 15) is 19.7 Å². The first-order valence-electron chi connectivity index (χ1n) is 4.90. The maximum Gasteiger partial charge on any atom is 0.307 e. The quantitative estimate of drug-likeness (QED) is 0.331. The molecule has 17 heavy (non-hydrogen) atoms. The molecule has 92 valence electrons. The van der Waals surface area contributed by atoms with Crippen molar-refractivity contribution < 1.29 is 19.2 Å². The van der Waals surface area contributed by atoms with Crippen LogP contribution in [-0.4, -0.2) is 22.8 Å². The third-order valence-electron chi connectivity index (χ3n) is 2.28. The maximum atomic E-state index is 11.4. The largest absolute Gasteiger partial charge is 0.429 e. The van der Waals surface area contributed by atoms with Gasteiger partial charge in [0.2, 0.25) is 0 Å². The van der Waals surface area contributed by atoms with Crippen molar-refractivity contribution >= 4 is 11.9 Å². The highest BCUT2D eigenvalue weighted by Crippen LogP contribution is 2.26. The Balaban J connectivity index is 3.03. The summed E-state index contributed by atoms with van der Waals surface area (Å²) in [6, 6.07) is -1.47. The van der Waals surface area contributed by atoms with E-state index in [4.69, 9.17) is 4.74 Å². The van der Waals surface area contributed by atoms with Crippen molar-refractivity contribution in [2.45, 2.75) is 19.4 Å². The highest BCUT2D eigenvalue weighted by atomic mass is 16.6. The van der Waals surface area contributed by atoms with Gasteiger partial charge in [0.15, 0.2) is 0 Å². The summed E-state index contributed by atoms with van der Waals surface area (Å²) in [7, 11) is 0. The van der Waals surface area contributed by atoms with Gasteiger partial charge in [-0.25, -0.2) is 0 Å². The maximum absolute atomic E-state index is 11.4. The first-order chi connectivity index (χ1) is 7.97. The zero-order valence-electron chi connectivity index (χ0n) is 9.21. The molecule has 0 spiro atoms. The Labute approximate surface area is 97.3 Å². The van der Waals surface area contributed by atoms with Crippen LogP contribution in [0.25, 0.3) is 0 Å². The fourth-order valence-corrected chi connectivity index (χ4v) is 1.61. The molecule has 1 aliphatic heterocycles. The van der Waals surface area contributed by atoms with E-state index in [2.05, 4.69) is 11.9 Å². The highest BCUT2D eigenvalue weighted by molar-refractivity contribution is 5.83. The number of esters is 1. The Morgan fingerprint density at radius 2 is 2.41 bits per heavy atom. The van der Waals surface area contributed by atoms with Crippen LogP contribution in [0.2, 0.25) is 0 Å². The topological polar surface area (TPSA) is 98.5 Å². The van der Waals surface area contributed by atoms with Gasteiger partial charge in [-0.3, -0.25) is 19.7 Å². The first kappa shape index (κ1) is 12.9. The molecule has 2 atom stereocenters. The van der Waals surface area contributed by atoms with Crippen LogP contribution in [0.3, 0.4) is 0 Å². The molecule has 1 aliphatic rings. The summed E-state index contributed by atoms with van der Waals surface area (Å²) in [4.78, 5) is 32.4. The zero-order chi connectivity index (χ0) is 13.0. The third-order valence-corrected chi connectivity index (χ3v) is 2.28. The van der Waals surface area contributed by atoms with Crippen LogP contribution in [-0.2, 0) is 14.3 Å². The van der Waals surface area contributed by atoms with Crippen molar-refractivity contribution in [1.82, 2.24) is 5.32 Å². The number of nitrogens with zero attached hydrogens (tertiary/aromatic N) is 1. The Morgan fingerprint density at radius 3 is 2.88 bits per heavy atom. The normalized spacial score (nSPS) is 23.4. The van der Waals surface area contributed by atoms with Crippen LogP contribution >= 0.6 is 0 Å². The molecular formula is C10H12N2O5. The molecule has 1 N–H and O–H groups in total. The summed E-state index contributed by atoms with van der Waals surface area (Å²) in [5.41, 5.74) is 0. The zero-order valence-corrected chi connectivity index (χ0v) is 9.21. The van der Waals surface area contributed by atoms with E-state index in [0.717, 1.165) is 0 Å². The van der Waals surface area contributed by atoms with E-state index in [1.165, 1.54) is 19.2 Å². The van der Waals surface area contributed by atoms with Crippen LogP contribution < -0.4 is 5.32 Å². The van der Waals surface area contributed by atoms with Crippen LogP contribution in [0.15, 0.2) is 24.6 Å². The molecule has 7 nitrogen and oxygen atoms in total. The highest BCUT2D eigenvalue weighted by Gasteiger charge is 2.44. The van der Waals surface area contributed by atoms with Crippen molar-refractivity contribution in [3.8, 4) is 0 Å². The number of amides is 1. The number of hydrogen-bond donors (Lipinski definition) is 1.